The first kappa shape index (κ1) is 19.3. The molecule has 0 unspecified atom stereocenters. The number of aromatic nitrogens is 1. The molecule has 0 aliphatic rings. The molecule has 0 atom stereocenters. The van der Waals surface area contributed by atoms with Crippen LogP contribution < -0.4 is 5.32 Å². The lowest BCUT2D eigenvalue weighted by Gasteiger charge is -2.11. The number of esters is 1. The Kier molecular flexibility index (Phi) is 6.14. The molecule has 0 saturated heterocycles. The Bertz CT molecular complexity index is 1010. The number of halogens is 1. The number of nitrogens with one attached hydrogen (secondary N) is 1. The fourth-order valence-corrected chi connectivity index (χ4v) is 2.61. The van der Waals surface area contributed by atoms with Crippen LogP contribution in [0.5, 0.6) is 0 Å². The van der Waals surface area contributed by atoms with Gasteiger partial charge in [0.1, 0.15) is 5.69 Å². The van der Waals surface area contributed by atoms with Gasteiger partial charge in [0.15, 0.2) is 12.4 Å². The molecule has 3 aromatic rings. The average molecular weight is 395 g/mol. The number of ketones is 1. The number of benzene rings is 2. The standard InChI is InChI=1S/C21H15ClN2O4/c22-15-9-10-17(16(12-15)20(26)14-6-2-1-3-7-14)24-19(25)13-28-21(27)18-8-4-5-11-23-18/h1-12H,13H2,(H,24,25). The van der Waals surface area contributed by atoms with Gasteiger partial charge in [-0.2, -0.15) is 0 Å². The van der Waals surface area contributed by atoms with Gasteiger partial charge in [-0.05, 0) is 30.3 Å². The van der Waals surface area contributed by atoms with Crippen molar-refractivity contribution < 1.29 is 19.1 Å². The van der Waals surface area contributed by atoms with Gasteiger partial charge in [-0.3, -0.25) is 9.59 Å². The zero-order valence-electron chi connectivity index (χ0n) is 14.6. The lowest BCUT2D eigenvalue weighted by atomic mass is 10.0. The number of hydrogen-bond donors (Lipinski definition) is 1. The van der Waals surface area contributed by atoms with Crippen molar-refractivity contribution >= 4 is 34.9 Å². The largest absolute Gasteiger partial charge is 0.451 e. The number of carbonyl (C=O) groups excluding carboxylic acids is 3. The molecule has 0 bridgehead atoms. The van der Waals surface area contributed by atoms with E-state index in [-0.39, 0.29) is 22.7 Å². The maximum atomic E-state index is 12.7. The second kappa shape index (κ2) is 8.92. The summed E-state index contributed by atoms with van der Waals surface area (Å²) in [5.74, 6) is -1.59. The molecule has 1 amide bonds. The number of carbonyl (C=O) groups is 3. The van der Waals surface area contributed by atoms with E-state index < -0.39 is 18.5 Å². The second-order valence-electron chi connectivity index (χ2n) is 5.72. The molecule has 0 saturated carbocycles. The highest BCUT2D eigenvalue weighted by molar-refractivity contribution is 6.31. The van der Waals surface area contributed by atoms with Gasteiger partial charge in [-0.25, -0.2) is 9.78 Å². The van der Waals surface area contributed by atoms with Crippen LogP contribution in [0.2, 0.25) is 5.02 Å². The van der Waals surface area contributed by atoms with Gasteiger partial charge in [0.2, 0.25) is 0 Å². The third kappa shape index (κ3) is 4.81. The number of anilines is 1. The average Bonchev–Trinajstić information content (AvgIpc) is 2.74. The number of amides is 1. The van der Waals surface area contributed by atoms with Gasteiger partial charge in [-0.15, -0.1) is 0 Å². The molecule has 1 N–H and O–H groups in total. The van der Waals surface area contributed by atoms with E-state index in [2.05, 4.69) is 10.3 Å². The number of ether oxygens (including phenoxy) is 1. The molecule has 3 rings (SSSR count). The zero-order chi connectivity index (χ0) is 19.9. The summed E-state index contributed by atoms with van der Waals surface area (Å²) >= 11 is 6.01. The fourth-order valence-electron chi connectivity index (χ4n) is 2.43. The number of rotatable bonds is 6. The molecule has 28 heavy (non-hydrogen) atoms. The highest BCUT2D eigenvalue weighted by atomic mass is 35.5. The Balaban J connectivity index is 1.71. The van der Waals surface area contributed by atoms with Crippen LogP contribution in [0.15, 0.2) is 72.9 Å². The molecule has 140 valence electrons. The van der Waals surface area contributed by atoms with Crippen LogP contribution in [-0.4, -0.2) is 29.3 Å². The minimum atomic E-state index is -0.715. The molecule has 7 heteroatoms. The van der Waals surface area contributed by atoms with Crippen molar-refractivity contribution in [3.63, 3.8) is 0 Å². The number of nitrogens with zero attached hydrogens (tertiary/aromatic N) is 1. The quantitative estimate of drug-likeness (QED) is 0.508. The fraction of sp³-hybridized carbons (Fsp3) is 0.0476. The molecule has 1 aromatic heterocycles. The zero-order valence-corrected chi connectivity index (χ0v) is 15.3. The van der Waals surface area contributed by atoms with Crippen LogP contribution in [0.1, 0.15) is 26.4 Å². The lowest BCUT2D eigenvalue weighted by molar-refractivity contribution is -0.119. The second-order valence-corrected chi connectivity index (χ2v) is 6.16. The highest BCUT2D eigenvalue weighted by Crippen LogP contribution is 2.23. The summed E-state index contributed by atoms with van der Waals surface area (Å²) in [6.45, 7) is -0.517. The maximum Gasteiger partial charge on any atom is 0.357 e. The summed E-state index contributed by atoms with van der Waals surface area (Å²) in [5.41, 5.74) is 1.07. The van der Waals surface area contributed by atoms with Crippen molar-refractivity contribution in [1.82, 2.24) is 4.98 Å². The van der Waals surface area contributed by atoms with Crippen molar-refractivity contribution in [2.75, 3.05) is 11.9 Å². The van der Waals surface area contributed by atoms with E-state index in [1.165, 1.54) is 24.4 Å². The van der Waals surface area contributed by atoms with Gasteiger partial charge in [0, 0.05) is 22.3 Å². The summed E-state index contributed by atoms with van der Waals surface area (Å²) in [7, 11) is 0. The minimum Gasteiger partial charge on any atom is -0.451 e. The van der Waals surface area contributed by atoms with Crippen LogP contribution in [0.4, 0.5) is 5.69 Å². The van der Waals surface area contributed by atoms with Gasteiger partial charge < -0.3 is 10.1 Å². The first-order valence-electron chi connectivity index (χ1n) is 8.32. The molecular formula is C21H15ClN2O4. The topological polar surface area (TPSA) is 85.4 Å². The normalized spacial score (nSPS) is 10.2. The summed E-state index contributed by atoms with van der Waals surface area (Å²) < 4.78 is 4.95. The van der Waals surface area contributed by atoms with E-state index in [1.807, 2.05) is 0 Å². The van der Waals surface area contributed by atoms with Gasteiger partial charge >= 0.3 is 5.97 Å². The van der Waals surface area contributed by atoms with Gasteiger partial charge in [-0.1, -0.05) is 48.0 Å². The van der Waals surface area contributed by atoms with Crippen molar-refractivity contribution in [2.45, 2.75) is 0 Å². The van der Waals surface area contributed by atoms with Crippen molar-refractivity contribution in [3.05, 3.63) is 94.8 Å². The smallest absolute Gasteiger partial charge is 0.357 e. The van der Waals surface area contributed by atoms with Crippen LogP contribution in [0, 0.1) is 0 Å². The first-order chi connectivity index (χ1) is 13.5. The van der Waals surface area contributed by atoms with E-state index in [0.717, 1.165) is 0 Å². The minimum absolute atomic E-state index is 0.0988. The summed E-state index contributed by atoms with van der Waals surface area (Å²) in [6, 6.07) is 18.0. The Morgan fingerprint density at radius 1 is 0.964 bits per heavy atom. The molecule has 1 heterocycles. The maximum absolute atomic E-state index is 12.7. The molecule has 0 spiro atoms. The lowest BCUT2D eigenvalue weighted by Crippen LogP contribution is -2.22. The van der Waals surface area contributed by atoms with E-state index in [1.54, 1.807) is 48.5 Å². The first-order valence-corrected chi connectivity index (χ1v) is 8.69. The Hall–Kier alpha value is -3.51. The summed E-state index contributed by atoms with van der Waals surface area (Å²) in [6.07, 6.45) is 1.45. The van der Waals surface area contributed by atoms with Gasteiger partial charge in [0.05, 0.1) is 5.69 Å². The Morgan fingerprint density at radius 2 is 1.71 bits per heavy atom. The predicted octanol–water partition coefficient (Wildman–Crippen LogP) is 3.76. The third-order valence-electron chi connectivity index (χ3n) is 3.74. The van der Waals surface area contributed by atoms with E-state index >= 15 is 0 Å². The van der Waals surface area contributed by atoms with E-state index in [4.69, 9.17) is 16.3 Å². The molecule has 0 fully saturated rings. The highest BCUT2D eigenvalue weighted by Gasteiger charge is 2.17. The van der Waals surface area contributed by atoms with Crippen LogP contribution >= 0.6 is 11.6 Å². The SMILES string of the molecule is O=C(COC(=O)c1ccccn1)Nc1ccc(Cl)cc1C(=O)c1ccccc1. The summed E-state index contributed by atoms with van der Waals surface area (Å²) in [5, 5.41) is 2.94. The number of pyridine rings is 1. The monoisotopic (exact) mass is 394 g/mol. The van der Waals surface area contributed by atoms with Crippen molar-refractivity contribution in [1.29, 1.82) is 0 Å². The van der Waals surface area contributed by atoms with Gasteiger partial charge in [0.25, 0.3) is 5.91 Å². The molecular weight excluding hydrogens is 380 g/mol. The van der Waals surface area contributed by atoms with Crippen LogP contribution in [-0.2, 0) is 9.53 Å². The molecule has 0 aliphatic carbocycles. The predicted molar refractivity (Wildman–Crippen MR) is 104 cm³/mol. The van der Waals surface area contributed by atoms with Crippen molar-refractivity contribution in [2.24, 2.45) is 0 Å². The molecule has 0 radical (unpaired) electrons. The van der Waals surface area contributed by atoms with E-state index in [0.29, 0.717) is 10.6 Å². The third-order valence-corrected chi connectivity index (χ3v) is 3.98. The Labute approximate surface area is 166 Å². The molecule has 2 aromatic carbocycles. The van der Waals surface area contributed by atoms with Crippen LogP contribution in [0.3, 0.4) is 0 Å². The molecule has 6 nitrogen and oxygen atoms in total. The Morgan fingerprint density at radius 3 is 2.43 bits per heavy atom. The van der Waals surface area contributed by atoms with Crippen LogP contribution in [0.25, 0.3) is 0 Å². The van der Waals surface area contributed by atoms with Crippen molar-refractivity contribution in [3.8, 4) is 0 Å². The summed E-state index contributed by atoms with van der Waals surface area (Å²) in [4.78, 5) is 40.7. The number of hydrogen-bond acceptors (Lipinski definition) is 5. The molecule has 0 aliphatic heterocycles. The van der Waals surface area contributed by atoms with E-state index in [9.17, 15) is 14.4 Å².